The lowest BCUT2D eigenvalue weighted by Crippen LogP contribution is -2.41. The highest BCUT2D eigenvalue weighted by Crippen LogP contribution is 2.36. The largest absolute Gasteiger partial charge is 0.497 e. The monoisotopic (exact) mass is 476 g/mol. The molecule has 2 aromatic heterocycles. The zero-order chi connectivity index (χ0) is 24.6. The van der Waals surface area contributed by atoms with Gasteiger partial charge < -0.3 is 9.84 Å². The third-order valence-corrected chi connectivity index (χ3v) is 6.61. The van der Waals surface area contributed by atoms with Crippen LogP contribution in [0.5, 0.6) is 5.75 Å². The van der Waals surface area contributed by atoms with E-state index in [4.69, 9.17) is 4.74 Å². The number of aliphatic carboxylic acids is 1. The average molecular weight is 477 g/mol. The summed E-state index contributed by atoms with van der Waals surface area (Å²) in [5.74, 6) is 6.05. The molecule has 1 aliphatic heterocycles. The number of rotatable bonds is 8. The van der Waals surface area contributed by atoms with Crippen molar-refractivity contribution in [2.45, 2.75) is 31.9 Å². The third kappa shape index (κ3) is 6.52. The molecule has 182 valence electrons. The maximum Gasteiger partial charge on any atom is 0.303 e. The topological polar surface area (TPSA) is 88.4 Å². The molecule has 1 N–H and O–H groups in total. The molecule has 8 heteroatoms. The first-order valence-electron chi connectivity index (χ1n) is 11.8. The van der Waals surface area contributed by atoms with Crippen LogP contribution in [-0.2, 0) is 4.79 Å². The van der Waals surface area contributed by atoms with E-state index in [1.165, 1.54) is 0 Å². The molecular formula is C27H29FN4O3. The Hall–Kier alpha value is -3.57. The minimum absolute atomic E-state index is 0.0407. The minimum atomic E-state index is -1.16. The van der Waals surface area contributed by atoms with Gasteiger partial charge in [-0.1, -0.05) is 5.92 Å². The number of halogens is 1. The van der Waals surface area contributed by atoms with Gasteiger partial charge in [0.05, 0.1) is 19.2 Å². The lowest BCUT2D eigenvalue weighted by atomic mass is 9.79. The predicted molar refractivity (Wildman–Crippen MR) is 131 cm³/mol. The van der Waals surface area contributed by atoms with Crippen molar-refractivity contribution < 1.29 is 19.0 Å². The van der Waals surface area contributed by atoms with Crippen LogP contribution in [0, 0.1) is 23.7 Å². The van der Waals surface area contributed by atoms with Crippen LogP contribution in [0.3, 0.4) is 0 Å². The highest BCUT2D eigenvalue weighted by molar-refractivity contribution is 5.83. The van der Waals surface area contributed by atoms with Gasteiger partial charge in [0.1, 0.15) is 17.6 Å². The Balaban J connectivity index is 1.39. The number of methoxy groups -OCH3 is 1. The summed E-state index contributed by atoms with van der Waals surface area (Å²) >= 11 is 0. The summed E-state index contributed by atoms with van der Waals surface area (Å²) < 4.78 is 20.7. The molecule has 0 radical (unpaired) electrons. The molecule has 35 heavy (non-hydrogen) atoms. The normalized spacial score (nSPS) is 19.0. The second-order valence-corrected chi connectivity index (χ2v) is 8.88. The van der Waals surface area contributed by atoms with Crippen molar-refractivity contribution >= 4 is 16.9 Å². The average Bonchev–Trinajstić information content (AvgIpc) is 2.87. The zero-order valence-electron chi connectivity index (χ0n) is 19.7. The fraction of sp³-hybridized carbons (Fsp3) is 0.407. The molecule has 3 atom stereocenters. The molecule has 0 unspecified atom stereocenters. The van der Waals surface area contributed by atoms with E-state index in [0.29, 0.717) is 42.9 Å². The van der Waals surface area contributed by atoms with Crippen molar-refractivity contribution in [1.82, 2.24) is 20.1 Å². The van der Waals surface area contributed by atoms with Crippen molar-refractivity contribution in [3.05, 3.63) is 60.0 Å². The number of carboxylic acids is 1. The molecule has 0 spiro atoms. The van der Waals surface area contributed by atoms with Crippen LogP contribution in [0.15, 0.2) is 48.8 Å². The molecule has 1 fully saturated rings. The van der Waals surface area contributed by atoms with Crippen molar-refractivity contribution in [2.75, 3.05) is 26.7 Å². The first kappa shape index (κ1) is 24.6. The minimum Gasteiger partial charge on any atom is -0.497 e. The number of nitrogens with zero attached hydrogens (tertiary/aromatic N) is 4. The lowest BCUT2D eigenvalue weighted by molar-refractivity contribution is -0.139. The number of hydrogen-bond acceptors (Lipinski definition) is 6. The maximum absolute atomic E-state index is 15.4. The predicted octanol–water partition coefficient (Wildman–Crippen LogP) is 4.29. The van der Waals surface area contributed by atoms with E-state index in [2.05, 4.69) is 31.9 Å². The van der Waals surface area contributed by atoms with Crippen LogP contribution in [0.1, 0.15) is 43.1 Å². The highest BCUT2D eigenvalue weighted by atomic mass is 19.1. The third-order valence-electron chi connectivity index (χ3n) is 6.61. The first-order chi connectivity index (χ1) is 17.0. The summed E-state index contributed by atoms with van der Waals surface area (Å²) in [7, 11) is 1.58. The van der Waals surface area contributed by atoms with Gasteiger partial charge >= 0.3 is 5.97 Å². The van der Waals surface area contributed by atoms with Gasteiger partial charge in [-0.3, -0.25) is 14.7 Å². The molecule has 7 nitrogen and oxygen atoms in total. The Morgan fingerprint density at radius 3 is 2.94 bits per heavy atom. The van der Waals surface area contributed by atoms with Crippen molar-refractivity contribution in [2.24, 2.45) is 11.8 Å². The summed E-state index contributed by atoms with van der Waals surface area (Å²) in [5.41, 5.74) is 1.94. The van der Waals surface area contributed by atoms with Crippen LogP contribution in [-0.4, -0.2) is 57.9 Å². The molecule has 4 rings (SSSR count). The molecule has 3 heterocycles. The Morgan fingerprint density at radius 2 is 2.17 bits per heavy atom. The second kappa shape index (κ2) is 11.7. The summed E-state index contributed by atoms with van der Waals surface area (Å²) in [6.07, 6.45) is 3.93. The Morgan fingerprint density at radius 1 is 1.29 bits per heavy atom. The smallest absolute Gasteiger partial charge is 0.303 e. The van der Waals surface area contributed by atoms with Gasteiger partial charge in [-0.15, -0.1) is 5.10 Å². The van der Waals surface area contributed by atoms with Gasteiger partial charge in [0, 0.05) is 30.7 Å². The quantitative estimate of drug-likeness (QED) is 0.485. The molecule has 3 aromatic rings. The van der Waals surface area contributed by atoms with Gasteiger partial charge in [0.25, 0.3) is 0 Å². The van der Waals surface area contributed by atoms with E-state index >= 15 is 4.39 Å². The molecule has 0 amide bonds. The summed E-state index contributed by atoms with van der Waals surface area (Å²) in [4.78, 5) is 18.0. The Labute approximate surface area is 204 Å². The van der Waals surface area contributed by atoms with E-state index in [1.54, 1.807) is 37.7 Å². The Kier molecular flexibility index (Phi) is 8.22. The molecule has 1 aromatic carbocycles. The number of likely N-dealkylation sites (tertiary alicyclic amines) is 1. The van der Waals surface area contributed by atoms with Gasteiger partial charge in [-0.05, 0) is 85.5 Å². The fourth-order valence-electron chi connectivity index (χ4n) is 4.81. The van der Waals surface area contributed by atoms with Crippen molar-refractivity contribution in [1.29, 1.82) is 0 Å². The number of pyridine rings is 1. The van der Waals surface area contributed by atoms with Gasteiger partial charge in [-0.25, -0.2) is 4.39 Å². The molecule has 0 aliphatic carbocycles. The van der Waals surface area contributed by atoms with Crippen LogP contribution in [0.25, 0.3) is 10.9 Å². The molecule has 0 saturated carbocycles. The van der Waals surface area contributed by atoms with Crippen molar-refractivity contribution in [3.8, 4) is 17.6 Å². The number of carboxylic acid groups (broad SMARTS) is 1. The van der Waals surface area contributed by atoms with Gasteiger partial charge in [0.15, 0.2) is 0 Å². The van der Waals surface area contributed by atoms with Crippen LogP contribution in [0.4, 0.5) is 4.39 Å². The number of carbonyl (C=O) groups is 1. The molecule has 1 saturated heterocycles. The Bertz CT molecular complexity index is 1210. The maximum atomic E-state index is 15.4. The van der Waals surface area contributed by atoms with E-state index < -0.39 is 12.1 Å². The fourth-order valence-corrected chi connectivity index (χ4v) is 4.81. The lowest BCUT2D eigenvalue weighted by Gasteiger charge is -2.37. The number of benzene rings is 1. The molecular weight excluding hydrogens is 447 g/mol. The van der Waals surface area contributed by atoms with Crippen LogP contribution >= 0.6 is 0 Å². The number of hydrogen-bond donors (Lipinski definition) is 1. The number of fused-ring (bicyclic) bond motifs is 1. The molecule has 0 bridgehead atoms. The SMILES string of the molecule is COc1ccc2nccc([C@@H](F)CC[C@@H]3CCN(CC#Cc4cccnn4)C[C@@H]3CC(=O)O)c2c1. The van der Waals surface area contributed by atoms with E-state index in [9.17, 15) is 9.90 Å². The highest BCUT2D eigenvalue weighted by Gasteiger charge is 2.31. The van der Waals surface area contributed by atoms with Crippen LogP contribution in [0.2, 0.25) is 0 Å². The summed E-state index contributed by atoms with van der Waals surface area (Å²) in [5, 5.41) is 18.0. The van der Waals surface area contributed by atoms with E-state index in [-0.39, 0.29) is 18.3 Å². The number of aromatic nitrogens is 3. The van der Waals surface area contributed by atoms with E-state index in [1.807, 2.05) is 18.2 Å². The summed E-state index contributed by atoms with van der Waals surface area (Å²) in [6.45, 7) is 1.98. The van der Waals surface area contributed by atoms with Gasteiger partial charge in [0.2, 0.25) is 0 Å². The van der Waals surface area contributed by atoms with E-state index in [0.717, 1.165) is 23.9 Å². The second-order valence-electron chi connectivity index (χ2n) is 8.88. The number of piperidine rings is 1. The first-order valence-corrected chi connectivity index (χ1v) is 11.8. The van der Waals surface area contributed by atoms with Gasteiger partial charge in [-0.2, -0.15) is 5.10 Å². The standard InChI is InChI=1S/C27H29FN4O3/c1-35-22-7-9-26-24(17-22)23(10-13-29-26)25(28)8-6-19-11-15-32(18-20(19)16-27(33)34)14-3-5-21-4-2-12-30-31-21/h2,4,7,9-10,12-13,17,19-20,25H,6,8,11,14-16,18H2,1H3,(H,33,34)/t19-,20+,25+/m1/s1. The van der Waals surface area contributed by atoms with Crippen LogP contribution < -0.4 is 4.74 Å². The summed E-state index contributed by atoms with van der Waals surface area (Å²) in [6, 6.07) is 10.8. The van der Waals surface area contributed by atoms with Crippen molar-refractivity contribution in [3.63, 3.8) is 0 Å². The number of ether oxygens (including phenoxy) is 1. The zero-order valence-corrected chi connectivity index (χ0v) is 19.7. The molecule has 1 aliphatic rings. The number of alkyl halides is 1.